The molecule has 2 saturated heterocycles. The molecule has 0 saturated carbocycles. The molecule has 7 nitrogen and oxygen atoms in total. The summed E-state index contributed by atoms with van der Waals surface area (Å²) >= 11 is 0. The van der Waals surface area contributed by atoms with Gasteiger partial charge in [0.15, 0.2) is 0 Å². The van der Waals surface area contributed by atoms with Gasteiger partial charge >= 0.3 is 0 Å². The lowest BCUT2D eigenvalue weighted by Crippen LogP contribution is -2.45. The number of carbonyl (C=O) groups excluding carboxylic acids is 1. The summed E-state index contributed by atoms with van der Waals surface area (Å²) in [5.41, 5.74) is 0. The molecule has 1 amide bonds. The fourth-order valence-electron chi connectivity index (χ4n) is 2.38. The zero-order valence-corrected chi connectivity index (χ0v) is 10.1. The van der Waals surface area contributed by atoms with Crippen LogP contribution in [0.4, 0.5) is 0 Å². The van der Waals surface area contributed by atoms with Crippen molar-refractivity contribution in [1.82, 2.24) is 10.6 Å². The van der Waals surface area contributed by atoms with E-state index in [0.717, 1.165) is 0 Å². The highest BCUT2D eigenvalue weighted by molar-refractivity contribution is 5.79. The third-order valence-corrected chi connectivity index (χ3v) is 3.60. The fourth-order valence-corrected chi connectivity index (χ4v) is 2.38. The van der Waals surface area contributed by atoms with Gasteiger partial charge < -0.3 is 30.7 Å². The summed E-state index contributed by atoms with van der Waals surface area (Å²) in [6, 6.07) is -0.986. The lowest BCUT2D eigenvalue weighted by Gasteiger charge is -2.17. The maximum absolute atomic E-state index is 11.7. The number of rotatable bonds is 4. The van der Waals surface area contributed by atoms with Gasteiger partial charge in [0.1, 0.15) is 0 Å². The minimum atomic E-state index is -1.01. The van der Waals surface area contributed by atoms with Gasteiger partial charge in [0, 0.05) is 13.2 Å². The molecular formula is C11H20N2O5. The molecule has 2 heterocycles. The van der Waals surface area contributed by atoms with E-state index >= 15 is 0 Å². The maximum Gasteiger partial charge on any atom is 0.225 e. The van der Waals surface area contributed by atoms with E-state index in [0.29, 0.717) is 19.6 Å². The number of carbonyl (C=O) groups is 1. The molecule has 2 aliphatic rings. The first-order valence-corrected chi connectivity index (χ1v) is 6.22. The van der Waals surface area contributed by atoms with Crippen molar-refractivity contribution in [3.8, 4) is 0 Å². The molecule has 0 bridgehead atoms. The first kappa shape index (κ1) is 13.7. The predicted octanol–water partition coefficient (Wildman–Crippen LogP) is -2.81. The number of hydrogen-bond acceptors (Lipinski definition) is 6. The Labute approximate surface area is 105 Å². The van der Waals surface area contributed by atoms with Crippen molar-refractivity contribution in [2.45, 2.75) is 30.7 Å². The van der Waals surface area contributed by atoms with Crippen LogP contribution in [0.2, 0.25) is 0 Å². The smallest absolute Gasteiger partial charge is 0.225 e. The van der Waals surface area contributed by atoms with E-state index in [1.807, 2.05) is 0 Å². The number of aliphatic hydroxyl groups is 3. The number of hydrogen-bond donors (Lipinski definition) is 5. The molecule has 7 heteroatoms. The molecule has 2 aliphatic heterocycles. The average Bonchev–Trinajstić information content (AvgIpc) is 2.98. The highest BCUT2D eigenvalue weighted by atomic mass is 16.5. The monoisotopic (exact) mass is 260 g/mol. The SMILES string of the molecule is O=C(NC[C@H]1N[C@H](CO)[C@@H](O)[C@@H]1O)C1CCOC1. The standard InChI is InChI=1S/C11H20N2O5/c14-4-8-10(16)9(15)7(13-8)3-12-11(17)6-1-2-18-5-6/h6-10,13-16H,1-5H2,(H,12,17)/t6?,7-,8-,9-,10-/m1/s1. The maximum atomic E-state index is 11.7. The van der Waals surface area contributed by atoms with E-state index in [2.05, 4.69) is 10.6 Å². The number of ether oxygens (including phenoxy) is 1. The Morgan fingerprint density at radius 1 is 1.33 bits per heavy atom. The molecule has 104 valence electrons. The first-order valence-electron chi connectivity index (χ1n) is 6.22. The summed E-state index contributed by atoms with van der Waals surface area (Å²) in [6.45, 7) is 1.02. The summed E-state index contributed by atoms with van der Waals surface area (Å²) in [5, 5.41) is 33.9. The van der Waals surface area contributed by atoms with E-state index in [1.54, 1.807) is 0 Å². The van der Waals surface area contributed by atoms with E-state index in [4.69, 9.17) is 9.84 Å². The lowest BCUT2D eigenvalue weighted by molar-refractivity contribution is -0.125. The molecule has 2 rings (SSSR count). The Balaban J connectivity index is 1.78. The van der Waals surface area contributed by atoms with Crippen LogP contribution in [0.3, 0.4) is 0 Å². The third kappa shape index (κ3) is 2.81. The quantitative estimate of drug-likeness (QED) is 0.373. The van der Waals surface area contributed by atoms with Gasteiger partial charge in [-0.25, -0.2) is 0 Å². The van der Waals surface area contributed by atoms with Crippen molar-refractivity contribution in [1.29, 1.82) is 0 Å². The third-order valence-electron chi connectivity index (χ3n) is 3.60. The summed E-state index contributed by atoms with van der Waals surface area (Å²) in [5.74, 6) is -0.217. The van der Waals surface area contributed by atoms with Gasteiger partial charge in [0.2, 0.25) is 5.91 Å². The molecule has 0 aromatic carbocycles. The molecular weight excluding hydrogens is 240 g/mol. The van der Waals surface area contributed by atoms with Crippen molar-refractivity contribution in [2.75, 3.05) is 26.4 Å². The minimum absolute atomic E-state index is 0.0940. The van der Waals surface area contributed by atoms with Crippen LogP contribution in [0.15, 0.2) is 0 Å². The Bertz CT molecular complexity index is 295. The first-order chi connectivity index (χ1) is 8.63. The van der Waals surface area contributed by atoms with Crippen LogP contribution in [0.1, 0.15) is 6.42 Å². The molecule has 5 N–H and O–H groups in total. The molecule has 0 aliphatic carbocycles. The van der Waals surface area contributed by atoms with Gasteiger partial charge in [-0.3, -0.25) is 4.79 Å². The largest absolute Gasteiger partial charge is 0.395 e. The average molecular weight is 260 g/mol. The van der Waals surface area contributed by atoms with E-state index in [9.17, 15) is 15.0 Å². The van der Waals surface area contributed by atoms with Crippen molar-refractivity contribution < 1.29 is 24.9 Å². The van der Waals surface area contributed by atoms with Crippen LogP contribution in [0, 0.1) is 5.92 Å². The number of nitrogens with one attached hydrogen (secondary N) is 2. The molecule has 18 heavy (non-hydrogen) atoms. The van der Waals surface area contributed by atoms with Crippen molar-refractivity contribution in [2.24, 2.45) is 5.92 Å². The van der Waals surface area contributed by atoms with Crippen molar-refractivity contribution in [3.63, 3.8) is 0 Å². The second-order valence-corrected chi connectivity index (χ2v) is 4.85. The van der Waals surface area contributed by atoms with Crippen LogP contribution in [-0.2, 0) is 9.53 Å². The van der Waals surface area contributed by atoms with Crippen LogP contribution in [-0.4, -0.2) is 71.9 Å². The minimum Gasteiger partial charge on any atom is -0.395 e. The van der Waals surface area contributed by atoms with E-state index in [1.165, 1.54) is 0 Å². The number of amides is 1. The fraction of sp³-hybridized carbons (Fsp3) is 0.909. The Kier molecular flexibility index (Phi) is 4.52. The highest BCUT2D eigenvalue weighted by Crippen LogP contribution is 2.15. The summed E-state index contributed by atoms with van der Waals surface area (Å²) in [4.78, 5) is 11.7. The normalized spacial score (nSPS) is 40.1. The molecule has 0 aromatic heterocycles. The Morgan fingerprint density at radius 3 is 2.61 bits per heavy atom. The molecule has 0 aromatic rings. The molecule has 1 unspecified atom stereocenters. The Hall–Kier alpha value is -0.730. The van der Waals surface area contributed by atoms with Crippen LogP contribution in [0.5, 0.6) is 0 Å². The van der Waals surface area contributed by atoms with Gasteiger partial charge in [0.25, 0.3) is 0 Å². The van der Waals surface area contributed by atoms with Crippen LogP contribution >= 0.6 is 0 Å². The Morgan fingerprint density at radius 2 is 2.06 bits per heavy atom. The van der Waals surface area contributed by atoms with E-state index in [-0.39, 0.29) is 25.0 Å². The molecule has 2 fully saturated rings. The number of aliphatic hydroxyl groups excluding tert-OH is 3. The second-order valence-electron chi connectivity index (χ2n) is 4.85. The van der Waals surface area contributed by atoms with Crippen LogP contribution < -0.4 is 10.6 Å². The molecule has 5 atom stereocenters. The lowest BCUT2D eigenvalue weighted by atomic mass is 10.1. The zero-order chi connectivity index (χ0) is 13.1. The summed E-state index contributed by atoms with van der Waals surface area (Å²) in [7, 11) is 0. The summed E-state index contributed by atoms with van der Waals surface area (Å²) in [6.07, 6.45) is -1.28. The van der Waals surface area contributed by atoms with Gasteiger partial charge in [-0.15, -0.1) is 0 Å². The van der Waals surface area contributed by atoms with Gasteiger partial charge in [-0.2, -0.15) is 0 Å². The van der Waals surface area contributed by atoms with Gasteiger partial charge in [0.05, 0.1) is 43.4 Å². The molecule has 0 radical (unpaired) electrons. The zero-order valence-electron chi connectivity index (χ0n) is 10.1. The topological polar surface area (TPSA) is 111 Å². The molecule has 0 spiro atoms. The van der Waals surface area contributed by atoms with Gasteiger partial charge in [-0.1, -0.05) is 0 Å². The van der Waals surface area contributed by atoms with Crippen LogP contribution in [0.25, 0.3) is 0 Å². The predicted molar refractivity (Wildman–Crippen MR) is 61.7 cm³/mol. The van der Waals surface area contributed by atoms with E-state index < -0.39 is 24.3 Å². The summed E-state index contributed by atoms with van der Waals surface area (Å²) < 4.78 is 5.12. The van der Waals surface area contributed by atoms with Crippen molar-refractivity contribution >= 4 is 5.91 Å². The van der Waals surface area contributed by atoms with Crippen molar-refractivity contribution in [3.05, 3.63) is 0 Å². The van der Waals surface area contributed by atoms with Gasteiger partial charge in [-0.05, 0) is 6.42 Å². The highest BCUT2D eigenvalue weighted by Gasteiger charge is 2.40. The second kappa shape index (κ2) is 5.94.